The number of hydrogen-bond acceptors (Lipinski definition) is 8. The minimum absolute atomic E-state index is 0. The molecule has 0 aliphatic carbocycles. The van der Waals surface area contributed by atoms with Crippen molar-refractivity contribution >= 4 is 64.7 Å². The van der Waals surface area contributed by atoms with Gasteiger partial charge in [0.1, 0.15) is 17.5 Å². The van der Waals surface area contributed by atoms with Crippen LogP contribution in [0.5, 0.6) is 0 Å². The van der Waals surface area contributed by atoms with Crippen LogP contribution in [0.25, 0.3) is 22.5 Å². The van der Waals surface area contributed by atoms with Gasteiger partial charge in [-0.25, -0.2) is 25.6 Å². The lowest BCUT2D eigenvalue weighted by molar-refractivity contribution is 0.605. The monoisotopic (exact) mass is 832 g/mol. The lowest BCUT2D eigenvalue weighted by Crippen LogP contribution is -2.09. The first kappa shape index (κ1) is 43.9. The van der Waals surface area contributed by atoms with E-state index < -0.39 is 20.0 Å². The third kappa shape index (κ3) is 14.4. The van der Waals surface area contributed by atoms with E-state index >= 15 is 0 Å². The number of nitrogens with one attached hydrogen (secondary N) is 5. The number of benzene rings is 4. The molecule has 284 valence electrons. The van der Waals surface area contributed by atoms with Gasteiger partial charge in [0, 0.05) is 33.7 Å². The minimum atomic E-state index is -3.31. The lowest BCUT2D eigenvalue weighted by Gasteiger charge is -2.10. The zero-order chi connectivity index (χ0) is 37.3. The molecular weight excluding hydrogens is 790 g/mol. The number of nitrogens with zero attached hydrogens (tertiary/aromatic N) is 2. The zero-order valence-electron chi connectivity index (χ0n) is 27.8. The summed E-state index contributed by atoms with van der Waals surface area (Å²) in [5.74, 6) is 0.488. The first-order valence-electron chi connectivity index (χ1n) is 14.9. The van der Waals surface area contributed by atoms with Gasteiger partial charge in [0.2, 0.25) is 20.0 Å². The second-order valence-electron chi connectivity index (χ2n) is 11.3. The highest BCUT2D eigenvalue weighted by atomic mass is 79.9. The van der Waals surface area contributed by atoms with E-state index in [-0.39, 0.29) is 26.5 Å². The maximum absolute atomic E-state index is 13.0. The number of aromatic nitrogens is 4. The quantitative estimate of drug-likeness (QED) is 0.0878. The molecule has 12 nitrogen and oxygen atoms in total. The molecule has 7 N–H and O–H groups in total. The molecule has 0 fully saturated rings. The maximum Gasteiger partial charge on any atom is 0.229 e. The van der Waals surface area contributed by atoms with E-state index in [0.29, 0.717) is 23.0 Å². The van der Waals surface area contributed by atoms with E-state index in [0.717, 1.165) is 56.3 Å². The summed E-state index contributed by atoms with van der Waals surface area (Å²) in [4.78, 5) is 0. The van der Waals surface area contributed by atoms with Crippen molar-refractivity contribution in [1.29, 1.82) is 0 Å². The summed E-state index contributed by atoms with van der Waals surface area (Å²) in [6, 6.07) is 26.2. The molecule has 0 amide bonds. The molecule has 0 radical (unpaired) electrons. The number of nitrogen functional groups attached to an aromatic ring is 1. The summed E-state index contributed by atoms with van der Waals surface area (Å²) in [5, 5.41) is 16.8. The van der Waals surface area contributed by atoms with Gasteiger partial charge in [0.15, 0.2) is 5.82 Å². The van der Waals surface area contributed by atoms with Gasteiger partial charge in [-0.2, -0.15) is 10.2 Å². The summed E-state index contributed by atoms with van der Waals surface area (Å²) in [6.45, 7) is 3.76. The molecule has 0 bridgehead atoms. The summed E-state index contributed by atoms with van der Waals surface area (Å²) < 4.78 is 75.7. The Hall–Kier alpha value is -5.26. The standard InChI is InChI=1S/C17H17FN4O2S.C9H8FN3.C8H10BrNO2S.2CH4/c1-11-9-14(22-25(2,23)24)7-8-15(11)19-17-10-16(20-21-17)12-3-5-13(18)6-4-12;10-7-3-1-6(2-4-7)8-5-9(11)13-12-8;1-6-5-7(3-4-8(6)9)10-13(2,11)12;;/h3-10,22H,1-2H3,(H2,19,20,21);1-5H,(H3,11,12,13);3-5,10H,1-2H3;2*1H4. The fraction of sp³-hybridized carbons (Fsp3) is 0.167. The maximum atomic E-state index is 13.0. The molecule has 17 heteroatoms. The Labute approximate surface area is 317 Å². The number of hydrogen-bond donors (Lipinski definition) is 6. The van der Waals surface area contributed by atoms with Crippen LogP contribution in [0.15, 0.2) is 102 Å². The summed E-state index contributed by atoms with van der Waals surface area (Å²) >= 11 is 3.33. The van der Waals surface area contributed by atoms with Crippen molar-refractivity contribution in [1.82, 2.24) is 20.4 Å². The van der Waals surface area contributed by atoms with Crippen molar-refractivity contribution in [3.8, 4) is 22.5 Å². The third-order valence-corrected chi connectivity index (χ3v) is 8.84. The lowest BCUT2D eigenvalue weighted by atomic mass is 10.1. The van der Waals surface area contributed by atoms with Crippen molar-refractivity contribution in [3.63, 3.8) is 0 Å². The van der Waals surface area contributed by atoms with Crippen LogP contribution in [-0.4, -0.2) is 49.7 Å². The normalized spacial score (nSPS) is 10.6. The van der Waals surface area contributed by atoms with Gasteiger partial charge in [0.25, 0.3) is 0 Å². The molecule has 0 saturated heterocycles. The molecule has 0 spiro atoms. The number of nitrogens with two attached hydrogens (primary N) is 1. The largest absolute Gasteiger partial charge is 0.382 e. The van der Waals surface area contributed by atoms with Crippen LogP contribution in [0.1, 0.15) is 26.0 Å². The first-order chi connectivity index (χ1) is 23.9. The van der Waals surface area contributed by atoms with Crippen molar-refractivity contribution in [3.05, 3.63) is 124 Å². The Morgan fingerprint density at radius 1 is 0.642 bits per heavy atom. The van der Waals surface area contributed by atoms with E-state index in [4.69, 9.17) is 5.73 Å². The summed E-state index contributed by atoms with van der Waals surface area (Å²) in [5.41, 5.74) is 12.4. The van der Waals surface area contributed by atoms with Crippen molar-refractivity contribution in [2.45, 2.75) is 28.7 Å². The Morgan fingerprint density at radius 2 is 1.09 bits per heavy atom. The average molecular weight is 834 g/mol. The zero-order valence-corrected chi connectivity index (χ0v) is 31.0. The minimum Gasteiger partial charge on any atom is -0.382 e. The number of anilines is 5. The molecule has 0 aliphatic rings. The number of aryl methyl sites for hydroxylation is 2. The van der Waals surface area contributed by atoms with Crippen LogP contribution in [-0.2, 0) is 20.0 Å². The Kier molecular flexibility index (Phi) is 15.7. The number of rotatable bonds is 8. The SMILES string of the molecule is C.C.Cc1cc(NS(C)(=O)=O)ccc1Br.Cc1cc(NS(C)(=O)=O)ccc1Nc1cc(-c2ccc(F)cc2)[nH]n1.Nc1cc(-c2ccc(F)cc2)[nH]n1. The van der Waals surface area contributed by atoms with Crippen LogP contribution >= 0.6 is 15.9 Å². The Bertz CT molecular complexity index is 2320. The van der Waals surface area contributed by atoms with Gasteiger partial charge in [-0.3, -0.25) is 19.6 Å². The molecule has 2 heterocycles. The molecule has 6 rings (SSSR count). The molecule has 0 saturated carbocycles. The smallest absolute Gasteiger partial charge is 0.229 e. The molecule has 6 aromatic rings. The van der Waals surface area contributed by atoms with E-state index in [1.54, 1.807) is 60.7 Å². The van der Waals surface area contributed by atoms with Gasteiger partial charge in [0.05, 0.1) is 23.9 Å². The summed E-state index contributed by atoms with van der Waals surface area (Å²) in [7, 11) is -6.48. The van der Waals surface area contributed by atoms with E-state index in [9.17, 15) is 25.6 Å². The summed E-state index contributed by atoms with van der Waals surface area (Å²) in [6.07, 6.45) is 2.24. The predicted octanol–water partition coefficient (Wildman–Crippen LogP) is 8.84. The van der Waals surface area contributed by atoms with Gasteiger partial charge in [-0.1, -0.05) is 30.8 Å². The molecular formula is C36H43BrF2N8O4S2. The molecule has 0 atom stereocenters. The van der Waals surface area contributed by atoms with E-state index in [2.05, 4.69) is 51.1 Å². The number of sulfonamides is 2. The first-order valence-corrected chi connectivity index (χ1v) is 19.5. The van der Waals surface area contributed by atoms with Crippen LogP contribution in [0.2, 0.25) is 0 Å². The van der Waals surface area contributed by atoms with Gasteiger partial charge in [-0.15, -0.1) is 0 Å². The molecule has 2 aromatic heterocycles. The fourth-order valence-corrected chi connectivity index (χ4v) is 5.78. The molecule has 0 unspecified atom stereocenters. The van der Waals surface area contributed by atoms with Crippen LogP contribution in [0.3, 0.4) is 0 Å². The number of aromatic amines is 2. The van der Waals surface area contributed by atoms with Crippen LogP contribution in [0.4, 0.5) is 37.5 Å². The third-order valence-electron chi connectivity index (χ3n) is 6.74. The van der Waals surface area contributed by atoms with Crippen molar-refractivity contribution in [2.75, 3.05) is 33.0 Å². The molecule has 53 heavy (non-hydrogen) atoms. The Balaban J connectivity index is 0.000000295. The second kappa shape index (κ2) is 19.0. The van der Waals surface area contributed by atoms with E-state index in [1.165, 1.54) is 24.3 Å². The highest BCUT2D eigenvalue weighted by Gasteiger charge is 2.08. The average Bonchev–Trinajstić information content (AvgIpc) is 3.69. The van der Waals surface area contributed by atoms with Crippen molar-refractivity contribution in [2.24, 2.45) is 0 Å². The molecule has 0 aliphatic heterocycles. The van der Waals surface area contributed by atoms with E-state index in [1.807, 2.05) is 26.0 Å². The topological polar surface area (TPSA) is 188 Å². The van der Waals surface area contributed by atoms with Gasteiger partial charge < -0.3 is 11.1 Å². The van der Waals surface area contributed by atoms with Gasteiger partial charge >= 0.3 is 0 Å². The molecule has 4 aromatic carbocycles. The van der Waals surface area contributed by atoms with Crippen LogP contribution in [0, 0.1) is 25.5 Å². The van der Waals surface area contributed by atoms with Crippen molar-refractivity contribution < 1.29 is 25.6 Å². The highest BCUT2D eigenvalue weighted by Crippen LogP contribution is 2.26. The second-order valence-corrected chi connectivity index (χ2v) is 15.6. The number of H-pyrrole nitrogens is 2. The number of halogens is 3. The fourth-order valence-electron chi connectivity index (χ4n) is 4.42. The highest BCUT2D eigenvalue weighted by molar-refractivity contribution is 9.10. The predicted molar refractivity (Wildman–Crippen MR) is 216 cm³/mol. The van der Waals surface area contributed by atoms with Crippen LogP contribution < -0.4 is 20.5 Å². The van der Waals surface area contributed by atoms with Gasteiger partial charge in [-0.05, 0) is 121 Å². The Morgan fingerprint density at radius 3 is 1.53 bits per heavy atom.